The average molecular weight is 357 g/mol. The summed E-state index contributed by atoms with van der Waals surface area (Å²) >= 11 is 0. The standard InChI is InChI=1S/C18H23N5O3/c1-21-15-10-12(11-22-8-6-19-7-9-22)2-3-13(15)23(18(21)26)14-4-5-16(24)20-17(14)25/h2-3,10,14,19H,4-9,11H2,1H3,(H,20,24,25). The molecule has 1 aromatic carbocycles. The van der Waals surface area contributed by atoms with E-state index in [1.807, 2.05) is 18.2 Å². The van der Waals surface area contributed by atoms with E-state index in [4.69, 9.17) is 0 Å². The first-order valence-electron chi connectivity index (χ1n) is 9.01. The van der Waals surface area contributed by atoms with E-state index in [0.717, 1.165) is 49.3 Å². The van der Waals surface area contributed by atoms with Crippen LogP contribution in [0.3, 0.4) is 0 Å². The largest absolute Gasteiger partial charge is 0.329 e. The Morgan fingerprint density at radius 1 is 1.12 bits per heavy atom. The van der Waals surface area contributed by atoms with Gasteiger partial charge in [-0.15, -0.1) is 0 Å². The lowest BCUT2D eigenvalue weighted by molar-refractivity contribution is -0.135. The van der Waals surface area contributed by atoms with Gasteiger partial charge < -0.3 is 5.32 Å². The molecular weight excluding hydrogens is 334 g/mol. The van der Waals surface area contributed by atoms with Crippen LogP contribution >= 0.6 is 0 Å². The fourth-order valence-corrected chi connectivity index (χ4v) is 3.86. The summed E-state index contributed by atoms with van der Waals surface area (Å²) in [6.45, 7) is 4.84. The fraction of sp³-hybridized carbons (Fsp3) is 0.500. The van der Waals surface area contributed by atoms with Gasteiger partial charge in [0.25, 0.3) is 0 Å². The predicted octanol–water partition coefficient (Wildman–Crippen LogP) is -0.277. The second-order valence-electron chi connectivity index (χ2n) is 7.03. The number of aryl methyl sites for hydroxylation is 1. The number of amides is 2. The molecule has 0 spiro atoms. The molecule has 2 amide bonds. The van der Waals surface area contributed by atoms with Gasteiger partial charge in [0.1, 0.15) is 6.04 Å². The molecule has 4 rings (SSSR count). The van der Waals surface area contributed by atoms with Gasteiger partial charge in [-0.3, -0.25) is 28.9 Å². The second kappa shape index (κ2) is 6.69. The summed E-state index contributed by atoms with van der Waals surface area (Å²) in [6.07, 6.45) is 0.604. The Balaban J connectivity index is 1.69. The van der Waals surface area contributed by atoms with E-state index >= 15 is 0 Å². The van der Waals surface area contributed by atoms with Crippen LogP contribution < -0.4 is 16.3 Å². The number of piperidine rings is 1. The Labute approximate surface area is 150 Å². The molecule has 138 valence electrons. The molecule has 1 aromatic heterocycles. The Morgan fingerprint density at radius 2 is 1.88 bits per heavy atom. The third-order valence-corrected chi connectivity index (χ3v) is 5.29. The van der Waals surface area contributed by atoms with Crippen LogP contribution in [0.25, 0.3) is 11.0 Å². The molecule has 2 aliphatic rings. The Kier molecular flexibility index (Phi) is 4.37. The molecule has 2 saturated heterocycles. The number of hydrogen-bond donors (Lipinski definition) is 2. The monoisotopic (exact) mass is 357 g/mol. The molecule has 26 heavy (non-hydrogen) atoms. The lowest BCUT2D eigenvalue weighted by Gasteiger charge is -2.27. The van der Waals surface area contributed by atoms with Gasteiger partial charge in [-0.25, -0.2) is 4.79 Å². The van der Waals surface area contributed by atoms with Crippen molar-refractivity contribution in [1.82, 2.24) is 24.7 Å². The second-order valence-corrected chi connectivity index (χ2v) is 7.03. The van der Waals surface area contributed by atoms with Crippen molar-refractivity contribution in [3.8, 4) is 0 Å². The lowest BCUT2D eigenvalue weighted by atomic mass is 10.1. The highest BCUT2D eigenvalue weighted by atomic mass is 16.2. The van der Waals surface area contributed by atoms with Crippen molar-refractivity contribution in [3.63, 3.8) is 0 Å². The van der Waals surface area contributed by atoms with E-state index in [9.17, 15) is 14.4 Å². The van der Waals surface area contributed by atoms with E-state index in [1.54, 1.807) is 11.6 Å². The first kappa shape index (κ1) is 17.0. The molecule has 0 bridgehead atoms. The van der Waals surface area contributed by atoms with Crippen molar-refractivity contribution in [1.29, 1.82) is 0 Å². The number of carbonyl (C=O) groups excluding carboxylic acids is 2. The molecule has 0 radical (unpaired) electrons. The van der Waals surface area contributed by atoms with Gasteiger partial charge in [-0.1, -0.05) is 6.07 Å². The normalized spacial score (nSPS) is 22.0. The van der Waals surface area contributed by atoms with Crippen LogP contribution in [0, 0.1) is 0 Å². The van der Waals surface area contributed by atoms with E-state index < -0.39 is 11.9 Å². The highest BCUT2D eigenvalue weighted by Crippen LogP contribution is 2.24. The van der Waals surface area contributed by atoms with Crippen LogP contribution in [0.15, 0.2) is 23.0 Å². The molecule has 2 N–H and O–H groups in total. The van der Waals surface area contributed by atoms with Crippen molar-refractivity contribution in [2.75, 3.05) is 26.2 Å². The van der Waals surface area contributed by atoms with E-state index in [-0.39, 0.29) is 18.0 Å². The average Bonchev–Trinajstić information content (AvgIpc) is 2.87. The smallest absolute Gasteiger partial charge is 0.314 e. The van der Waals surface area contributed by atoms with Gasteiger partial charge in [0, 0.05) is 46.2 Å². The number of aromatic nitrogens is 2. The Bertz CT molecular complexity index is 923. The maximum absolute atomic E-state index is 12.8. The number of fused-ring (bicyclic) bond motifs is 1. The molecule has 8 heteroatoms. The number of hydrogen-bond acceptors (Lipinski definition) is 5. The van der Waals surface area contributed by atoms with Crippen LogP contribution in [-0.2, 0) is 23.2 Å². The van der Waals surface area contributed by atoms with E-state index in [2.05, 4.69) is 15.5 Å². The number of carbonyl (C=O) groups is 2. The summed E-state index contributed by atoms with van der Waals surface area (Å²) < 4.78 is 3.10. The maximum atomic E-state index is 12.8. The van der Waals surface area contributed by atoms with Gasteiger partial charge in [-0.2, -0.15) is 0 Å². The van der Waals surface area contributed by atoms with Gasteiger partial charge in [0.2, 0.25) is 11.8 Å². The Hall–Kier alpha value is -2.45. The molecular formula is C18H23N5O3. The van der Waals surface area contributed by atoms with E-state index in [0.29, 0.717) is 6.42 Å². The number of imidazole rings is 1. The summed E-state index contributed by atoms with van der Waals surface area (Å²) in [6, 6.07) is 5.33. The third-order valence-electron chi connectivity index (χ3n) is 5.29. The predicted molar refractivity (Wildman–Crippen MR) is 96.7 cm³/mol. The number of nitrogens with zero attached hydrogens (tertiary/aromatic N) is 3. The third kappa shape index (κ3) is 2.95. The quantitative estimate of drug-likeness (QED) is 0.738. The zero-order chi connectivity index (χ0) is 18.3. The Morgan fingerprint density at radius 3 is 2.62 bits per heavy atom. The topological polar surface area (TPSA) is 88.4 Å². The molecule has 0 saturated carbocycles. The number of piperazine rings is 1. The minimum absolute atomic E-state index is 0.228. The molecule has 1 atom stereocenters. The fourth-order valence-electron chi connectivity index (χ4n) is 3.86. The summed E-state index contributed by atoms with van der Waals surface area (Å²) in [5.41, 5.74) is 2.47. The minimum Gasteiger partial charge on any atom is -0.314 e. The van der Waals surface area contributed by atoms with Gasteiger partial charge in [0.05, 0.1) is 11.0 Å². The molecule has 8 nitrogen and oxygen atoms in total. The number of nitrogens with one attached hydrogen (secondary N) is 2. The summed E-state index contributed by atoms with van der Waals surface area (Å²) in [7, 11) is 1.72. The van der Waals surface area contributed by atoms with Crippen LogP contribution in [-0.4, -0.2) is 52.0 Å². The molecule has 3 heterocycles. The molecule has 2 aliphatic heterocycles. The number of rotatable bonds is 3. The highest BCUT2D eigenvalue weighted by Gasteiger charge is 2.31. The van der Waals surface area contributed by atoms with Crippen LogP contribution in [0.5, 0.6) is 0 Å². The first-order valence-corrected chi connectivity index (χ1v) is 9.01. The summed E-state index contributed by atoms with van der Waals surface area (Å²) in [4.78, 5) is 38.8. The van der Waals surface area contributed by atoms with Gasteiger partial charge in [-0.05, 0) is 24.1 Å². The summed E-state index contributed by atoms with van der Waals surface area (Å²) in [5.74, 6) is -0.682. The SMILES string of the molecule is Cn1c(=O)n(C2CCC(=O)NC2=O)c2ccc(CN3CCNCC3)cc21. The van der Waals surface area contributed by atoms with Gasteiger partial charge in [0.15, 0.2) is 0 Å². The molecule has 1 unspecified atom stereocenters. The summed E-state index contributed by atoms with van der Waals surface area (Å²) in [5, 5.41) is 5.68. The van der Waals surface area contributed by atoms with Crippen molar-refractivity contribution in [3.05, 3.63) is 34.2 Å². The number of imide groups is 1. The van der Waals surface area contributed by atoms with Crippen LogP contribution in [0.1, 0.15) is 24.4 Å². The number of benzene rings is 1. The zero-order valence-electron chi connectivity index (χ0n) is 14.8. The highest BCUT2D eigenvalue weighted by molar-refractivity contribution is 6.00. The molecule has 0 aliphatic carbocycles. The van der Waals surface area contributed by atoms with E-state index in [1.165, 1.54) is 4.57 Å². The van der Waals surface area contributed by atoms with Crippen LogP contribution in [0.2, 0.25) is 0 Å². The molecule has 2 fully saturated rings. The van der Waals surface area contributed by atoms with Crippen molar-refractivity contribution in [2.45, 2.75) is 25.4 Å². The van der Waals surface area contributed by atoms with Gasteiger partial charge >= 0.3 is 5.69 Å². The lowest BCUT2D eigenvalue weighted by Crippen LogP contribution is -2.44. The zero-order valence-corrected chi connectivity index (χ0v) is 14.8. The van der Waals surface area contributed by atoms with Crippen LogP contribution in [0.4, 0.5) is 0 Å². The molecule has 2 aromatic rings. The minimum atomic E-state index is -0.636. The maximum Gasteiger partial charge on any atom is 0.329 e. The first-order chi connectivity index (χ1) is 12.5. The van der Waals surface area contributed by atoms with Crippen molar-refractivity contribution >= 4 is 22.8 Å². The van der Waals surface area contributed by atoms with Crippen molar-refractivity contribution < 1.29 is 9.59 Å². The van der Waals surface area contributed by atoms with Crippen molar-refractivity contribution in [2.24, 2.45) is 7.05 Å².